The van der Waals surface area contributed by atoms with Gasteiger partial charge < -0.3 is 4.79 Å². The smallest absolute Gasteiger partial charge is 0.169 e. The summed E-state index contributed by atoms with van der Waals surface area (Å²) >= 11 is 11.8. The Hall–Kier alpha value is -0.860. The fourth-order valence-electron chi connectivity index (χ4n) is 1.50. The first kappa shape index (κ1) is 13.2. The lowest BCUT2D eigenvalue weighted by atomic mass is 9.95. The van der Waals surface area contributed by atoms with E-state index in [-0.39, 0.29) is 18.0 Å². The molecule has 1 aromatic carbocycles. The summed E-state index contributed by atoms with van der Waals surface area (Å²) in [6, 6.07) is 4.90. The van der Waals surface area contributed by atoms with Crippen molar-refractivity contribution >= 4 is 34.8 Å². The Morgan fingerprint density at radius 2 is 1.75 bits per heavy atom. The van der Waals surface area contributed by atoms with Crippen molar-refractivity contribution in [3.05, 3.63) is 33.8 Å². The summed E-state index contributed by atoms with van der Waals surface area (Å²) in [5.41, 5.74) is 0.305. The molecule has 0 amide bonds. The van der Waals surface area contributed by atoms with Gasteiger partial charge in [0, 0.05) is 12.3 Å². The van der Waals surface area contributed by atoms with Crippen molar-refractivity contribution in [1.82, 2.24) is 0 Å². The van der Waals surface area contributed by atoms with Crippen LogP contribution in [0.25, 0.3) is 0 Å². The predicted octanol–water partition coefficient (Wildman–Crippen LogP) is 3.79. The molecule has 0 aliphatic carbocycles. The van der Waals surface area contributed by atoms with E-state index in [9.17, 15) is 9.59 Å². The van der Waals surface area contributed by atoms with E-state index in [0.717, 1.165) is 0 Å². The van der Waals surface area contributed by atoms with Crippen molar-refractivity contribution in [2.24, 2.45) is 5.92 Å². The van der Waals surface area contributed by atoms with Crippen LogP contribution < -0.4 is 0 Å². The SMILES string of the molecule is CC(=O)CC(C)C(=O)c1c(Cl)cccc1Cl. The minimum atomic E-state index is -0.394. The van der Waals surface area contributed by atoms with E-state index >= 15 is 0 Å². The molecule has 0 N–H and O–H groups in total. The van der Waals surface area contributed by atoms with Gasteiger partial charge in [-0.2, -0.15) is 0 Å². The van der Waals surface area contributed by atoms with E-state index in [2.05, 4.69) is 0 Å². The Morgan fingerprint density at radius 3 is 2.19 bits per heavy atom. The third-order valence-corrected chi connectivity index (χ3v) is 2.88. The monoisotopic (exact) mass is 258 g/mol. The van der Waals surface area contributed by atoms with Crippen molar-refractivity contribution in [2.45, 2.75) is 20.3 Å². The van der Waals surface area contributed by atoms with Gasteiger partial charge in [0.1, 0.15) is 5.78 Å². The number of ketones is 2. The minimum Gasteiger partial charge on any atom is -0.300 e. The lowest BCUT2D eigenvalue weighted by Gasteiger charge is -2.11. The number of halogens is 2. The Kier molecular flexibility index (Phi) is 4.51. The van der Waals surface area contributed by atoms with E-state index in [1.165, 1.54) is 6.92 Å². The molecule has 0 fully saturated rings. The average molecular weight is 259 g/mol. The second kappa shape index (κ2) is 5.46. The lowest BCUT2D eigenvalue weighted by molar-refractivity contribution is -0.117. The molecule has 2 nitrogen and oxygen atoms in total. The predicted molar refractivity (Wildman–Crippen MR) is 65.3 cm³/mol. The molecule has 0 aliphatic heterocycles. The molecule has 0 saturated carbocycles. The average Bonchev–Trinajstić information content (AvgIpc) is 2.16. The molecule has 86 valence electrons. The summed E-state index contributed by atoms with van der Waals surface area (Å²) in [4.78, 5) is 22.9. The summed E-state index contributed by atoms with van der Waals surface area (Å²) in [5, 5.41) is 0.654. The van der Waals surface area contributed by atoms with Gasteiger partial charge in [-0.15, -0.1) is 0 Å². The molecular formula is C12H12Cl2O2. The maximum absolute atomic E-state index is 12.0. The molecule has 0 aliphatic rings. The maximum atomic E-state index is 12.0. The number of hydrogen-bond acceptors (Lipinski definition) is 2. The molecule has 0 heterocycles. The Labute approximate surface area is 105 Å². The van der Waals surface area contributed by atoms with Gasteiger partial charge in [-0.25, -0.2) is 0 Å². The van der Waals surface area contributed by atoms with Crippen LogP contribution in [0.2, 0.25) is 10.0 Å². The third kappa shape index (κ3) is 3.06. The normalized spacial score (nSPS) is 12.2. The van der Waals surface area contributed by atoms with Gasteiger partial charge in [0.15, 0.2) is 5.78 Å². The largest absolute Gasteiger partial charge is 0.300 e. The van der Waals surface area contributed by atoms with Gasteiger partial charge in [0.2, 0.25) is 0 Å². The molecule has 1 unspecified atom stereocenters. The molecule has 0 aromatic heterocycles. The first-order chi connectivity index (χ1) is 7.43. The number of hydrogen-bond donors (Lipinski definition) is 0. The van der Waals surface area contributed by atoms with E-state index in [1.807, 2.05) is 0 Å². The van der Waals surface area contributed by atoms with Crippen LogP contribution in [0, 0.1) is 5.92 Å². The van der Waals surface area contributed by atoms with E-state index in [0.29, 0.717) is 15.6 Å². The first-order valence-electron chi connectivity index (χ1n) is 4.91. The zero-order valence-corrected chi connectivity index (χ0v) is 10.6. The molecule has 0 saturated heterocycles. The number of rotatable bonds is 4. The lowest BCUT2D eigenvalue weighted by Crippen LogP contribution is -2.15. The maximum Gasteiger partial charge on any atom is 0.169 e. The number of carbonyl (C=O) groups excluding carboxylic acids is 2. The van der Waals surface area contributed by atoms with Crippen LogP contribution in [0.15, 0.2) is 18.2 Å². The van der Waals surface area contributed by atoms with Crippen molar-refractivity contribution in [3.63, 3.8) is 0 Å². The summed E-state index contributed by atoms with van der Waals surface area (Å²) < 4.78 is 0. The van der Waals surface area contributed by atoms with Gasteiger partial charge in [-0.1, -0.05) is 36.2 Å². The fraction of sp³-hybridized carbons (Fsp3) is 0.333. The van der Waals surface area contributed by atoms with Crippen LogP contribution in [0.1, 0.15) is 30.6 Å². The van der Waals surface area contributed by atoms with Crippen LogP contribution in [0.5, 0.6) is 0 Å². The number of carbonyl (C=O) groups is 2. The van der Waals surface area contributed by atoms with Gasteiger partial charge in [-0.3, -0.25) is 4.79 Å². The van der Waals surface area contributed by atoms with Crippen LogP contribution in [0.3, 0.4) is 0 Å². The van der Waals surface area contributed by atoms with Crippen LogP contribution in [-0.4, -0.2) is 11.6 Å². The zero-order chi connectivity index (χ0) is 12.3. The molecular weight excluding hydrogens is 247 g/mol. The highest BCUT2D eigenvalue weighted by Crippen LogP contribution is 2.27. The summed E-state index contributed by atoms with van der Waals surface area (Å²) in [6.45, 7) is 3.15. The Morgan fingerprint density at radius 1 is 1.25 bits per heavy atom. The highest BCUT2D eigenvalue weighted by molar-refractivity contribution is 6.39. The van der Waals surface area contributed by atoms with Gasteiger partial charge >= 0.3 is 0 Å². The molecule has 0 radical (unpaired) electrons. The van der Waals surface area contributed by atoms with Crippen LogP contribution >= 0.6 is 23.2 Å². The number of benzene rings is 1. The second-order valence-corrected chi connectivity index (χ2v) is 4.58. The highest BCUT2D eigenvalue weighted by Gasteiger charge is 2.21. The highest BCUT2D eigenvalue weighted by atomic mass is 35.5. The molecule has 0 bridgehead atoms. The summed E-state index contributed by atoms with van der Waals surface area (Å²) in [5.74, 6) is -0.607. The number of Topliss-reactive ketones (excluding diaryl/α,β-unsaturated/α-hetero) is 2. The van der Waals surface area contributed by atoms with Crippen molar-refractivity contribution in [2.75, 3.05) is 0 Å². The van der Waals surface area contributed by atoms with Crippen molar-refractivity contribution in [3.8, 4) is 0 Å². The first-order valence-corrected chi connectivity index (χ1v) is 5.66. The second-order valence-electron chi connectivity index (χ2n) is 3.77. The minimum absolute atomic E-state index is 0.0240. The van der Waals surface area contributed by atoms with Gasteiger partial charge in [0.05, 0.1) is 15.6 Å². The molecule has 1 rings (SSSR count). The molecule has 1 atom stereocenters. The van der Waals surface area contributed by atoms with Crippen molar-refractivity contribution < 1.29 is 9.59 Å². The van der Waals surface area contributed by atoms with Crippen LogP contribution in [0.4, 0.5) is 0 Å². The van der Waals surface area contributed by atoms with E-state index in [1.54, 1.807) is 25.1 Å². The topological polar surface area (TPSA) is 34.1 Å². The van der Waals surface area contributed by atoms with E-state index in [4.69, 9.17) is 23.2 Å². The molecule has 0 spiro atoms. The summed E-state index contributed by atoms with van der Waals surface area (Å²) in [7, 11) is 0. The van der Waals surface area contributed by atoms with Crippen molar-refractivity contribution in [1.29, 1.82) is 0 Å². The Balaban J connectivity index is 3.00. The standard InChI is InChI=1S/C12H12Cl2O2/c1-7(6-8(2)15)12(16)11-9(13)4-3-5-10(11)14/h3-5,7H,6H2,1-2H3. The van der Waals surface area contributed by atoms with Gasteiger partial charge in [0.25, 0.3) is 0 Å². The Bertz CT molecular complexity index is 407. The molecule has 4 heteroatoms. The van der Waals surface area contributed by atoms with E-state index < -0.39 is 5.92 Å². The third-order valence-electron chi connectivity index (χ3n) is 2.25. The molecule has 16 heavy (non-hydrogen) atoms. The zero-order valence-electron chi connectivity index (χ0n) is 9.09. The summed E-state index contributed by atoms with van der Waals surface area (Å²) in [6.07, 6.45) is 0.209. The molecule has 1 aromatic rings. The van der Waals surface area contributed by atoms with Crippen LogP contribution in [-0.2, 0) is 4.79 Å². The van der Waals surface area contributed by atoms with Gasteiger partial charge in [-0.05, 0) is 19.1 Å². The fourth-order valence-corrected chi connectivity index (χ4v) is 2.09. The quantitative estimate of drug-likeness (QED) is 0.771.